The summed E-state index contributed by atoms with van der Waals surface area (Å²) in [6, 6.07) is 9.77. The number of amides is 2. The number of methoxy groups -OCH3 is 1. The number of carbonyl (C=O) groups is 3. The molecule has 2 aromatic rings. The molecule has 28 heavy (non-hydrogen) atoms. The third-order valence-corrected chi connectivity index (χ3v) is 4.46. The molecule has 0 bridgehead atoms. The van der Waals surface area contributed by atoms with Gasteiger partial charge in [-0.1, -0.05) is 23.7 Å². The van der Waals surface area contributed by atoms with Gasteiger partial charge in [0.25, 0.3) is 11.8 Å². The van der Waals surface area contributed by atoms with E-state index in [-0.39, 0.29) is 11.3 Å². The molecule has 2 aromatic carbocycles. The topological polar surface area (TPSA) is 84.9 Å². The molecule has 144 valence electrons. The molecule has 0 aliphatic carbocycles. The Balaban J connectivity index is 1.92. The summed E-state index contributed by atoms with van der Waals surface area (Å²) in [6.45, 7) is 3.12. The van der Waals surface area contributed by atoms with Crippen LogP contribution < -0.4 is 19.9 Å². The smallest absolute Gasteiger partial charge is 0.308 e. The minimum atomic E-state index is -0.537. The van der Waals surface area contributed by atoms with Crippen LogP contribution in [-0.2, 0) is 14.4 Å². The van der Waals surface area contributed by atoms with E-state index in [0.29, 0.717) is 22.0 Å². The summed E-state index contributed by atoms with van der Waals surface area (Å²) in [5.74, 6) is -0.979. The fourth-order valence-electron chi connectivity index (χ4n) is 2.64. The summed E-state index contributed by atoms with van der Waals surface area (Å²) >= 11 is 6.11. The molecule has 2 amide bonds. The number of hydrogen-bond donors (Lipinski definition) is 1. The lowest BCUT2D eigenvalue weighted by atomic mass is 10.1. The molecule has 0 atom stereocenters. The van der Waals surface area contributed by atoms with Gasteiger partial charge in [0.15, 0.2) is 11.5 Å². The first-order valence-electron chi connectivity index (χ1n) is 8.30. The average Bonchev–Trinajstić information content (AvgIpc) is 2.93. The molecule has 0 aromatic heterocycles. The fourth-order valence-corrected chi connectivity index (χ4v) is 2.81. The van der Waals surface area contributed by atoms with Gasteiger partial charge in [0.2, 0.25) is 0 Å². The number of benzene rings is 2. The van der Waals surface area contributed by atoms with Gasteiger partial charge < -0.3 is 9.47 Å². The Morgan fingerprint density at radius 3 is 2.54 bits per heavy atom. The quantitative estimate of drug-likeness (QED) is 0.369. The van der Waals surface area contributed by atoms with Crippen LogP contribution >= 0.6 is 11.6 Å². The van der Waals surface area contributed by atoms with Crippen molar-refractivity contribution in [1.29, 1.82) is 0 Å². The Morgan fingerprint density at radius 2 is 1.89 bits per heavy atom. The normalized spacial score (nSPS) is 15.0. The molecule has 8 heteroatoms. The predicted molar refractivity (Wildman–Crippen MR) is 104 cm³/mol. The van der Waals surface area contributed by atoms with Crippen LogP contribution in [0.1, 0.15) is 18.1 Å². The molecule has 7 nitrogen and oxygen atoms in total. The first-order chi connectivity index (χ1) is 13.3. The van der Waals surface area contributed by atoms with Crippen molar-refractivity contribution in [3.8, 4) is 11.5 Å². The zero-order valence-electron chi connectivity index (χ0n) is 15.4. The molecule has 0 saturated carbocycles. The van der Waals surface area contributed by atoms with Crippen LogP contribution in [0.5, 0.6) is 11.5 Å². The third-order valence-electron chi connectivity index (χ3n) is 4.06. The lowest BCUT2D eigenvalue weighted by molar-refractivity contribution is -0.132. The van der Waals surface area contributed by atoms with Crippen LogP contribution in [0.3, 0.4) is 0 Å². The van der Waals surface area contributed by atoms with Crippen molar-refractivity contribution < 1.29 is 23.9 Å². The molecule has 0 unspecified atom stereocenters. The van der Waals surface area contributed by atoms with E-state index in [9.17, 15) is 14.4 Å². The number of rotatable bonds is 4. The molecule has 3 rings (SSSR count). The summed E-state index contributed by atoms with van der Waals surface area (Å²) in [5, 5.41) is 1.63. The maximum Gasteiger partial charge on any atom is 0.308 e. The van der Waals surface area contributed by atoms with E-state index >= 15 is 0 Å². The summed E-state index contributed by atoms with van der Waals surface area (Å²) in [6.07, 6.45) is 1.44. The van der Waals surface area contributed by atoms with Crippen molar-refractivity contribution in [3.63, 3.8) is 0 Å². The standard InChI is InChI=1S/C20H17ClN2O5/c1-11-4-6-14(10-16(11)21)23-20(26)15(19(25)22-23)8-13-5-7-17(28-12(2)24)18(9-13)27-3/h4-10H,1-3H3,(H,22,25)/b15-8-. The highest BCUT2D eigenvalue weighted by Crippen LogP contribution is 2.30. The summed E-state index contributed by atoms with van der Waals surface area (Å²) in [7, 11) is 1.43. The number of nitrogens with one attached hydrogen (secondary N) is 1. The highest BCUT2D eigenvalue weighted by atomic mass is 35.5. The second-order valence-corrected chi connectivity index (χ2v) is 6.48. The Bertz CT molecular complexity index is 1020. The largest absolute Gasteiger partial charge is 0.493 e. The van der Waals surface area contributed by atoms with Crippen LogP contribution in [0, 0.1) is 6.92 Å². The number of halogens is 1. The van der Waals surface area contributed by atoms with Crippen molar-refractivity contribution in [3.05, 3.63) is 58.1 Å². The molecule has 1 N–H and O–H groups in total. The molecule has 1 heterocycles. The zero-order chi connectivity index (χ0) is 20.4. The lowest BCUT2D eigenvalue weighted by Gasteiger charge is -2.15. The predicted octanol–water partition coefficient (Wildman–Crippen LogP) is 3.04. The van der Waals surface area contributed by atoms with Crippen LogP contribution in [-0.4, -0.2) is 24.9 Å². The number of carbonyl (C=O) groups excluding carboxylic acids is 3. The first kappa shape index (κ1) is 19.4. The van der Waals surface area contributed by atoms with Gasteiger partial charge in [0.1, 0.15) is 5.57 Å². The maximum atomic E-state index is 12.7. The van der Waals surface area contributed by atoms with Gasteiger partial charge in [-0.15, -0.1) is 0 Å². The summed E-state index contributed by atoms with van der Waals surface area (Å²) < 4.78 is 10.3. The highest BCUT2D eigenvalue weighted by Gasteiger charge is 2.34. The number of nitrogens with zero attached hydrogens (tertiary/aromatic N) is 1. The highest BCUT2D eigenvalue weighted by molar-refractivity contribution is 6.33. The van der Waals surface area contributed by atoms with E-state index in [1.165, 1.54) is 26.2 Å². The molecule has 1 fully saturated rings. The Kier molecular flexibility index (Phi) is 5.37. The molecule has 0 radical (unpaired) electrons. The fraction of sp³-hybridized carbons (Fsp3) is 0.150. The Labute approximate surface area is 166 Å². The van der Waals surface area contributed by atoms with Gasteiger partial charge in [-0.25, -0.2) is 5.01 Å². The van der Waals surface area contributed by atoms with Gasteiger partial charge in [-0.05, 0) is 48.4 Å². The van der Waals surface area contributed by atoms with Crippen molar-refractivity contribution in [2.45, 2.75) is 13.8 Å². The van der Waals surface area contributed by atoms with Crippen molar-refractivity contribution in [2.24, 2.45) is 0 Å². The SMILES string of the molecule is COc1cc(/C=C2/C(=O)NN(c3ccc(C)c(Cl)c3)C2=O)ccc1OC(C)=O. The van der Waals surface area contributed by atoms with Crippen molar-refractivity contribution in [1.82, 2.24) is 5.43 Å². The monoisotopic (exact) mass is 400 g/mol. The minimum absolute atomic E-state index is 0.0426. The number of ether oxygens (including phenoxy) is 2. The van der Waals surface area contributed by atoms with E-state index < -0.39 is 17.8 Å². The van der Waals surface area contributed by atoms with E-state index in [0.717, 1.165) is 10.6 Å². The molecule has 1 saturated heterocycles. The lowest BCUT2D eigenvalue weighted by Crippen LogP contribution is -2.35. The van der Waals surface area contributed by atoms with Crippen LogP contribution in [0.2, 0.25) is 5.02 Å². The molecule has 1 aliphatic heterocycles. The van der Waals surface area contributed by atoms with E-state index in [1.807, 2.05) is 6.92 Å². The number of aryl methyl sites for hydroxylation is 1. The number of anilines is 1. The van der Waals surface area contributed by atoms with Gasteiger partial charge in [0, 0.05) is 11.9 Å². The molecule has 0 spiro atoms. The van der Waals surface area contributed by atoms with E-state index in [4.69, 9.17) is 21.1 Å². The van der Waals surface area contributed by atoms with Gasteiger partial charge >= 0.3 is 5.97 Å². The summed E-state index contributed by atoms with van der Waals surface area (Å²) in [5.41, 5.74) is 4.33. The van der Waals surface area contributed by atoms with Crippen molar-refractivity contribution >= 4 is 41.1 Å². The van der Waals surface area contributed by atoms with Gasteiger partial charge in [-0.3, -0.25) is 19.8 Å². The molecular formula is C20H17ClN2O5. The second-order valence-electron chi connectivity index (χ2n) is 6.08. The average molecular weight is 401 g/mol. The first-order valence-corrected chi connectivity index (χ1v) is 8.67. The Hall–Kier alpha value is -3.32. The second kappa shape index (κ2) is 7.74. The van der Waals surface area contributed by atoms with Crippen LogP contribution in [0.15, 0.2) is 42.0 Å². The Morgan fingerprint density at radius 1 is 1.14 bits per heavy atom. The maximum absolute atomic E-state index is 12.7. The number of hydrogen-bond acceptors (Lipinski definition) is 5. The number of hydrazine groups is 1. The minimum Gasteiger partial charge on any atom is -0.493 e. The van der Waals surface area contributed by atoms with Crippen LogP contribution in [0.4, 0.5) is 5.69 Å². The molecular weight excluding hydrogens is 384 g/mol. The zero-order valence-corrected chi connectivity index (χ0v) is 16.2. The molecule has 1 aliphatic rings. The third kappa shape index (κ3) is 3.84. The van der Waals surface area contributed by atoms with Crippen LogP contribution in [0.25, 0.3) is 6.08 Å². The van der Waals surface area contributed by atoms with Crippen molar-refractivity contribution in [2.75, 3.05) is 12.1 Å². The van der Waals surface area contributed by atoms with E-state index in [1.54, 1.807) is 30.3 Å². The summed E-state index contributed by atoms with van der Waals surface area (Å²) in [4.78, 5) is 36.2. The number of esters is 1. The van der Waals surface area contributed by atoms with E-state index in [2.05, 4.69) is 5.43 Å². The van der Waals surface area contributed by atoms with Gasteiger partial charge in [0.05, 0.1) is 12.8 Å². The van der Waals surface area contributed by atoms with Gasteiger partial charge in [-0.2, -0.15) is 0 Å².